The van der Waals surface area contributed by atoms with E-state index in [2.05, 4.69) is 10.3 Å². The van der Waals surface area contributed by atoms with Gasteiger partial charge in [0.05, 0.1) is 18.9 Å². The predicted molar refractivity (Wildman–Crippen MR) is 67.6 cm³/mol. The third-order valence-corrected chi connectivity index (χ3v) is 3.36. The number of hydrogen-bond acceptors (Lipinski definition) is 7. The summed E-state index contributed by atoms with van der Waals surface area (Å²) in [5, 5.41) is 22.8. The van der Waals surface area contributed by atoms with Crippen LogP contribution in [0.15, 0.2) is 6.20 Å². The molecular weight excluding hydrogens is 256 g/mol. The Morgan fingerprint density at radius 3 is 2.94 bits per heavy atom. The summed E-state index contributed by atoms with van der Waals surface area (Å²) in [6.07, 6.45) is -0.219. The number of aliphatic hydroxyl groups excluding tert-OH is 2. The van der Waals surface area contributed by atoms with Gasteiger partial charge in [0.1, 0.15) is 16.0 Å². The summed E-state index contributed by atoms with van der Waals surface area (Å²) < 4.78 is 4.82. The van der Waals surface area contributed by atoms with Gasteiger partial charge in [-0.3, -0.25) is 0 Å². The highest BCUT2D eigenvalue weighted by Gasteiger charge is 2.22. The maximum atomic E-state index is 11.4. The molecule has 1 aromatic rings. The van der Waals surface area contributed by atoms with Crippen LogP contribution in [0, 0.1) is 0 Å². The van der Waals surface area contributed by atoms with Crippen molar-refractivity contribution in [3.05, 3.63) is 16.1 Å². The van der Waals surface area contributed by atoms with E-state index in [0.717, 1.165) is 11.3 Å². The fourth-order valence-corrected chi connectivity index (χ4v) is 2.19. The number of carbonyl (C=O) groups is 1. The molecular formula is C11H18N2O4S. The van der Waals surface area contributed by atoms with Crippen molar-refractivity contribution < 1.29 is 19.7 Å². The van der Waals surface area contributed by atoms with Gasteiger partial charge in [-0.15, -0.1) is 11.3 Å². The molecule has 0 spiro atoms. The molecule has 3 N–H and O–H groups in total. The van der Waals surface area contributed by atoms with E-state index in [9.17, 15) is 15.0 Å². The Hall–Kier alpha value is -1.02. The topological polar surface area (TPSA) is 91.7 Å². The lowest BCUT2D eigenvalue weighted by Crippen LogP contribution is -2.23. The minimum Gasteiger partial charge on any atom is -0.462 e. The van der Waals surface area contributed by atoms with E-state index in [1.54, 1.807) is 14.0 Å². The molecule has 0 aliphatic heterocycles. The summed E-state index contributed by atoms with van der Waals surface area (Å²) in [4.78, 5) is 15.7. The van der Waals surface area contributed by atoms with Gasteiger partial charge in [0, 0.05) is 0 Å². The maximum Gasteiger partial charge on any atom is 0.349 e. The van der Waals surface area contributed by atoms with Crippen LogP contribution in [0.1, 0.15) is 34.1 Å². The Balaban J connectivity index is 2.64. The summed E-state index contributed by atoms with van der Waals surface area (Å²) in [6.45, 7) is 2.60. The van der Waals surface area contributed by atoms with Crippen LogP contribution in [0.25, 0.3) is 0 Å². The number of aromatic nitrogens is 1. The second-order valence-corrected chi connectivity index (χ2v) is 4.75. The van der Waals surface area contributed by atoms with Gasteiger partial charge >= 0.3 is 5.97 Å². The van der Waals surface area contributed by atoms with Crippen molar-refractivity contribution in [3.63, 3.8) is 0 Å². The Bertz CT molecular complexity index is 383. The van der Waals surface area contributed by atoms with E-state index < -0.39 is 18.2 Å². The number of carbonyl (C=O) groups excluding carboxylic acids is 1. The molecule has 1 aromatic heterocycles. The number of nitrogens with zero attached hydrogens (tertiary/aromatic N) is 1. The highest BCUT2D eigenvalue weighted by Crippen LogP contribution is 2.24. The fraction of sp³-hybridized carbons (Fsp3) is 0.636. The van der Waals surface area contributed by atoms with Crippen LogP contribution in [0.2, 0.25) is 0 Å². The Kier molecular flexibility index (Phi) is 6.20. The molecule has 102 valence electrons. The van der Waals surface area contributed by atoms with Gasteiger partial charge in [-0.1, -0.05) is 0 Å². The minimum atomic E-state index is -1.08. The summed E-state index contributed by atoms with van der Waals surface area (Å²) in [5.41, 5.74) is 0. The first-order valence-corrected chi connectivity index (χ1v) is 6.55. The van der Waals surface area contributed by atoms with Crippen LogP contribution >= 0.6 is 11.3 Å². The largest absolute Gasteiger partial charge is 0.462 e. The first-order chi connectivity index (χ1) is 8.60. The lowest BCUT2D eigenvalue weighted by Gasteiger charge is -2.14. The molecule has 0 saturated heterocycles. The Morgan fingerprint density at radius 1 is 1.61 bits per heavy atom. The summed E-state index contributed by atoms with van der Waals surface area (Å²) in [6, 6.07) is 0. The molecule has 0 aliphatic rings. The highest BCUT2D eigenvalue weighted by molar-refractivity contribution is 7.13. The standard InChI is InChI=1S/C11H18N2O4S/c1-3-17-11(16)8-6-13-10(18-8)9(15)7(14)4-5-12-2/h6-7,9,12,14-15H,3-5H2,1-2H3. The van der Waals surface area contributed by atoms with Crippen molar-refractivity contribution in [2.45, 2.75) is 25.6 Å². The number of aliphatic hydroxyl groups is 2. The number of nitrogens with one attached hydrogen (secondary N) is 1. The molecule has 2 atom stereocenters. The normalized spacial score (nSPS) is 14.2. The van der Waals surface area contributed by atoms with Gasteiger partial charge in [-0.25, -0.2) is 9.78 Å². The second kappa shape index (κ2) is 7.42. The zero-order valence-corrected chi connectivity index (χ0v) is 11.2. The van der Waals surface area contributed by atoms with E-state index in [-0.39, 0.29) is 0 Å². The molecule has 0 fully saturated rings. The van der Waals surface area contributed by atoms with Crippen LogP contribution < -0.4 is 5.32 Å². The number of thiazole rings is 1. The van der Waals surface area contributed by atoms with Crippen LogP contribution in [0.5, 0.6) is 0 Å². The molecule has 0 saturated carbocycles. The van der Waals surface area contributed by atoms with E-state index in [1.165, 1.54) is 6.20 Å². The Morgan fingerprint density at radius 2 is 2.33 bits per heavy atom. The van der Waals surface area contributed by atoms with E-state index >= 15 is 0 Å². The number of rotatable bonds is 7. The fourth-order valence-electron chi connectivity index (χ4n) is 1.34. The smallest absolute Gasteiger partial charge is 0.349 e. The summed E-state index contributed by atoms with van der Waals surface area (Å²) in [5.74, 6) is -0.460. The van der Waals surface area contributed by atoms with Crippen LogP contribution in [-0.4, -0.2) is 47.5 Å². The quantitative estimate of drug-likeness (QED) is 0.620. The maximum absolute atomic E-state index is 11.4. The van der Waals surface area contributed by atoms with Gasteiger partial charge in [-0.2, -0.15) is 0 Å². The molecule has 1 rings (SSSR count). The van der Waals surface area contributed by atoms with Crippen molar-refractivity contribution in [2.24, 2.45) is 0 Å². The van der Waals surface area contributed by atoms with E-state index in [1.807, 2.05) is 0 Å². The SMILES string of the molecule is CCOC(=O)c1cnc(C(O)C(O)CCNC)s1. The molecule has 6 nitrogen and oxygen atoms in total. The van der Waals surface area contributed by atoms with Crippen molar-refractivity contribution in [1.29, 1.82) is 0 Å². The number of hydrogen-bond donors (Lipinski definition) is 3. The van der Waals surface area contributed by atoms with Gasteiger partial charge in [-0.05, 0) is 26.9 Å². The second-order valence-electron chi connectivity index (χ2n) is 3.69. The molecule has 0 amide bonds. The predicted octanol–water partition coefficient (Wildman–Crippen LogP) is 0.324. The average Bonchev–Trinajstić information content (AvgIpc) is 2.84. The van der Waals surface area contributed by atoms with Crippen LogP contribution in [-0.2, 0) is 4.74 Å². The molecule has 2 unspecified atom stereocenters. The highest BCUT2D eigenvalue weighted by atomic mass is 32.1. The average molecular weight is 274 g/mol. The lowest BCUT2D eigenvalue weighted by molar-refractivity contribution is 0.0139. The van der Waals surface area contributed by atoms with Crippen molar-refractivity contribution in [3.8, 4) is 0 Å². The molecule has 0 aliphatic carbocycles. The third-order valence-electron chi connectivity index (χ3n) is 2.31. The zero-order valence-electron chi connectivity index (χ0n) is 10.4. The number of ether oxygens (including phenoxy) is 1. The first-order valence-electron chi connectivity index (χ1n) is 5.73. The van der Waals surface area contributed by atoms with Crippen molar-refractivity contribution in [1.82, 2.24) is 10.3 Å². The van der Waals surface area contributed by atoms with Gasteiger partial charge in [0.2, 0.25) is 0 Å². The summed E-state index contributed by atoms with van der Waals surface area (Å²) in [7, 11) is 1.77. The van der Waals surface area contributed by atoms with Gasteiger partial charge in [0.25, 0.3) is 0 Å². The first kappa shape index (κ1) is 15.0. The minimum absolute atomic E-state index is 0.291. The van der Waals surface area contributed by atoms with Crippen LogP contribution in [0.4, 0.5) is 0 Å². The molecule has 1 heterocycles. The number of esters is 1. The van der Waals surface area contributed by atoms with Crippen molar-refractivity contribution >= 4 is 17.3 Å². The molecule has 0 aromatic carbocycles. The molecule has 18 heavy (non-hydrogen) atoms. The molecule has 0 bridgehead atoms. The van der Waals surface area contributed by atoms with E-state index in [4.69, 9.17) is 4.74 Å². The lowest BCUT2D eigenvalue weighted by atomic mass is 10.1. The Labute approximate surface area is 110 Å². The van der Waals surface area contributed by atoms with Crippen LogP contribution in [0.3, 0.4) is 0 Å². The molecule has 0 radical (unpaired) electrons. The monoisotopic (exact) mass is 274 g/mol. The molecule has 7 heteroatoms. The van der Waals surface area contributed by atoms with Gasteiger partial charge in [0.15, 0.2) is 0 Å². The zero-order chi connectivity index (χ0) is 13.5. The van der Waals surface area contributed by atoms with Gasteiger partial charge < -0.3 is 20.3 Å². The third kappa shape index (κ3) is 4.02. The summed E-state index contributed by atoms with van der Waals surface area (Å²) >= 11 is 1.03. The van der Waals surface area contributed by atoms with Crippen molar-refractivity contribution in [2.75, 3.05) is 20.2 Å². The van der Waals surface area contributed by atoms with E-state index in [0.29, 0.717) is 29.5 Å².